The van der Waals surface area contributed by atoms with E-state index in [1.165, 1.54) is 11.3 Å². The first kappa shape index (κ1) is 10.2. The first-order chi connectivity index (χ1) is 7.18. The van der Waals surface area contributed by atoms with E-state index >= 15 is 0 Å². The zero-order valence-electron chi connectivity index (χ0n) is 8.56. The van der Waals surface area contributed by atoms with Crippen molar-refractivity contribution in [3.05, 3.63) is 22.7 Å². The summed E-state index contributed by atoms with van der Waals surface area (Å²) in [6.45, 7) is 3.29. The van der Waals surface area contributed by atoms with Crippen molar-refractivity contribution in [1.29, 1.82) is 0 Å². The second-order valence-electron chi connectivity index (χ2n) is 3.48. The quantitative estimate of drug-likeness (QED) is 0.733. The molecular weight excluding hydrogens is 210 g/mol. The van der Waals surface area contributed by atoms with Crippen molar-refractivity contribution >= 4 is 22.4 Å². The van der Waals surface area contributed by atoms with Crippen molar-refractivity contribution < 1.29 is 4.79 Å². The van der Waals surface area contributed by atoms with Crippen LogP contribution in [0, 0.1) is 6.92 Å². The Bertz CT molecular complexity index is 411. The van der Waals surface area contributed by atoms with E-state index in [1.54, 1.807) is 0 Å². The molecule has 1 aliphatic rings. The monoisotopic (exact) mass is 223 g/mol. The Morgan fingerprint density at radius 1 is 1.60 bits per heavy atom. The molecule has 0 saturated heterocycles. The van der Waals surface area contributed by atoms with Gasteiger partial charge in [0.25, 0.3) is 5.91 Å². The second kappa shape index (κ2) is 4.02. The Balaban J connectivity index is 2.20. The molecule has 0 radical (unpaired) electrons. The summed E-state index contributed by atoms with van der Waals surface area (Å²) in [4.78, 5) is 18.6. The van der Waals surface area contributed by atoms with Gasteiger partial charge in [-0.1, -0.05) is 23.5 Å². The fourth-order valence-corrected chi connectivity index (χ4v) is 2.39. The van der Waals surface area contributed by atoms with Gasteiger partial charge in [-0.05, 0) is 13.3 Å². The van der Waals surface area contributed by atoms with Gasteiger partial charge >= 0.3 is 0 Å². The third kappa shape index (κ3) is 2.02. The van der Waals surface area contributed by atoms with Gasteiger partial charge in [0, 0.05) is 13.1 Å². The summed E-state index contributed by atoms with van der Waals surface area (Å²) in [6.07, 6.45) is 5.04. The zero-order chi connectivity index (χ0) is 10.8. The topological polar surface area (TPSA) is 59.2 Å². The standard InChI is InChI=1S/C10H13N3OS/c1-7-8(15-10(11)12-7)9(14)13-5-3-2-4-6-13/h2-3H,4-6H2,1H3,(H2,11,12). The van der Waals surface area contributed by atoms with Crippen molar-refractivity contribution in [2.24, 2.45) is 0 Å². The summed E-state index contributed by atoms with van der Waals surface area (Å²) in [6, 6.07) is 0. The molecule has 2 rings (SSSR count). The van der Waals surface area contributed by atoms with Crippen molar-refractivity contribution in [1.82, 2.24) is 9.88 Å². The number of carbonyl (C=O) groups excluding carboxylic acids is 1. The maximum absolute atomic E-state index is 12.0. The lowest BCUT2D eigenvalue weighted by Crippen LogP contribution is -2.33. The van der Waals surface area contributed by atoms with Gasteiger partial charge in [0.1, 0.15) is 4.88 Å². The number of nitrogens with zero attached hydrogens (tertiary/aromatic N) is 2. The predicted molar refractivity (Wildman–Crippen MR) is 60.9 cm³/mol. The van der Waals surface area contributed by atoms with Crippen LogP contribution in [0.2, 0.25) is 0 Å². The lowest BCUT2D eigenvalue weighted by molar-refractivity contribution is 0.0775. The second-order valence-corrected chi connectivity index (χ2v) is 4.51. The fraction of sp³-hybridized carbons (Fsp3) is 0.400. The smallest absolute Gasteiger partial charge is 0.266 e. The minimum atomic E-state index is 0.0473. The van der Waals surface area contributed by atoms with Crippen LogP contribution in [0.25, 0.3) is 0 Å². The number of nitrogens with two attached hydrogens (primary N) is 1. The van der Waals surface area contributed by atoms with Crippen LogP contribution in [-0.2, 0) is 0 Å². The van der Waals surface area contributed by atoms with Crippen molar-refractivity contribution in [3.8, 4) is 0 Å². The van der Waals surface area contributed by atoms with Crippen LogP contribution < -0.4 is 5.73 Å². The minimum Gasteiger partial charge on any atom is -0.375 e. The van der Waals surface area contributed by atoms with Gasteiger partial charge in [-0.3, -0.25) is 4.79 Å². The fourth-order valence-electron chi connectivity index (χ4n) is 1.59. The van der Waals surface area contributed by atoms with Gasteiger partial charge in [-0.2, -0.15) is 0 Å². The molecule has 0 bridgehead atoms. The molecule has 0 atom stereocenters. The molecule has 1 aromatic rings. The van der Waals surface area contributed by atoms with Crippen LogP contribution in [0.15, 0.2) is 12.2 Å². The number of hydrogen-bond donors (Lipinski definition) is 1. The summed E-state index contributed by atoms with van der Waals surface area (Å²) < 4.78 is 0. The normalized spacial score (nSPS) is 15.7. The highest BCUT2D eigenvalue weighted by atomic mass is 32.1. The number of hydrogen-bond acceptors (Lipinski definition) is 4. The molecule has 0 unspecified atom stereocenters. The summed E-state index contributed by atoms with van der Waals surface area (Å²) in [5.41, 5.74) is 6.30. The van der Waals surface area contributed by atoms with Gasteiger partial charge in [0.15, 0.2) is 5.13 Å². The molecule has 1 aromatic heterocycles. The lowest BCUT2D eigenvalue weighted by Gasteiger charge is -2.22. The van der Waals surface area contributed by atoms with Crippen molar-refractivity contribution in [2.45, 2.75) is 13.3 Å². The Kier molecular flexibility index (Phi) is 2.73. The molecule has 15 heavy (non-hydrogen) atoms. The molecule has 80 valence electrons. The van der Waals surface area contributed by atoms with Crippen LogP contribution >= 0.6 is 11.3 Å². The van der Waals surface area contributed by atoms with E-state index in [0.29, 0.717) is 16.6 Å². The SMILES string of the molecule is Cc1nc(N)sc1C(=O)N1CC=CCC1. The number of anilines is 1. The van der Waals surface area contributed by atoms with Crippen LogP contribution in [-0.4, -0.2) is 28.9 Å². The van der Waals surface area contributed by atoms with Gasteiger partial charge in [-0.15, -0.1) is 0 Å². The molecule has 0 fully saturated rings. The number of aryl methyl sites for hydroxylation is 1. The first-order valence-corrected chi connectivity index (χ1v) is 5.67. The number of thiazole rings is 1. The molecule has 4 nitrogen and oxygen atoms in total. The average Bonchev–Trinajstić information content (AvgIpc) is 2.58. The van der Waals surface area contributed by atoms with E-state index in [4.69, 9.17) is 5.73 Å². The minimum absolute atomic E-state index is 0.0473. The Morgan fingerprint density at radius 2 is 2.40 bits per heavy atom. The van der Waals surface area contributed by atoms with Gasteiger partial charge in [0.2, 0.25) is 0 Å². The maximum atomic E-state index is 12.0. The molecule has 0 aromatic carbocycles. The predicted octanol–water partition coefficient (Wildman–Crippen LogP) is 1.44. The molecule has 1 amide bonds. The number of amides is 1. The molecule has 1 aliphatic heterocycles. The van der Waals surface area contributed by atoms with Crippen LogP contribution in [0.4, 0.5) is 5.13 Å². The van der Waals surface area contributed by atoms with Crippen LogP contribution in [0.3, 0.4) is 0 Å². The van der Waals surface area contributed by atoms with Gasteiger partial charge < -0.3 is 10.6 Å². The van der Waals surface area contributed by atoms with E-state index in [2.05, 4.69) is 11.1 Å². The number of nitrogen functional groups attached to an aromatic ring is 1. The zero-order valence-corrected chi connectivity index (χ0v) is 9.38. The van der Waals surface area contributed by atoms with Crippen LogP contribution in [0.1, 0.15) is 21.8 Å². The highest BCUT2D eigenvalue weighted by molar-refractivity contribution is 7.17. The molecule has 5 heteroatoms. The van der Waals surface area contributed by atoms with Crippen molar-refractivity contribution in [3.63, 3.8) is 0 Å². The van der Waals surface area contributed by atoms with Crippen molar-refractivity contribution in [2.75, 3.05) is 18.8 Å². The maximum Gasteiger partial charge on any atom is 0.266 e. The van der Waals surface area contributed by atoms with Crippen LogP contribution in [0.5, 0.6) is 0 Å². The summed E-state index contributed by atoms with van der Waals surface area (Å²) in [7, 11) is 0. The first-order valence-electron chi connectivity index (χ1n) is 4.85. The Morgan fingerprint density at radius 3 is 2.93 bits per heavy atom. The number of aromatic nitrogens is 1. The van der Waals surface area contributed by atoms with E-state index in [9.17, 15) is 4.79 Å². The molecule has 0 saturated carbocycles. The largest absolute Gasteiger partial charge is 0.375 e. The highest BCUT2D eigenvalue weighted by Crippen LogP contribution is 2.22. The summed E-state index contributed by atoms with van der Waals surface area (Å²) in [5.74, 6) is 0.0473. The summed E-state index contributed by atoms with van der Waals surface area (Å²) in [5, 5.41) is 0.461. The van der Waals surface area contributed by atoms with E-state index in [-0.39, 0.29) is 5.91 Å². The third-order valence-electron chi connectivity index (χ3n) is 2.35. The van der Waals surface area contributed by atoms with E-state index < -0.39 is 0 Å². The Labute approximate surface area is 92.4 Å². The van der Waals surface area contributed by atoms with E-state index in [1.807, 2.05) is 17.9 Å². The Hall–Kier alpha value is -1.36. The van der Waals surface area contributed by atoms with Gasteiger partial charge in [0.05, 0.1) is 5.69 Å². The molecule has 0 aliphatic carbocycles. The number of carbonyl (C=O) groups is 1. The average molecular weight is 223 g/mol. The van der Waals surface area contributed by atoms with Gasteiger partial charge in [-0.25, -0.2) is 4.98 Å². The molecular formula is C10H13N3OS. The van der Waals surface area contributed by atoms with E-state index in [0.717, 1.165) is 18.7 Å². The highest BCUT2D eigenvalue weighted by Gasteiger charge is 2.20. The lowest BCUT2D eigenvalue weighted by atomic mass is 10.2. The molecule has 2 heterocycles. The third-order valence-corrected chi connectivity index (χ3v) is 3.33. The number of rotatable bonds is 1. The molecule has 0 spiro atoms. The summed E-state index contributed by atoms with van der Waals surface area (Å²) >= 11 is 1.27. The molecule has 2 N–H and O–H groups in total.